The Morgan fingerprint density at radius 2 is 2.19 bits per heavy atom. The summed E-state index contributed by atoms with van der Waals surface area (Å²) in [5.41, 5.74) is 1.37. The molecule has 1 atom stereocenters. The first-order valence-corrected chi connectivity index (χ1v) is 6.01. The van der Waals surface area contributed by atoms with E-state index in [2.05, 4.69) is 21.2 Å². The topological polar surface area (TPSA) is 29.1 Å². The predicted molar refractivity (Wildman–Crippen MR) is 66.9 cm³/mol. The molecule has 1 unspecified atom stereocenters. The standard InChI is InChI=1S/C12H15BrFNO/c1-4-7(2)12(16)15-11-6-9(13)10(14)5-8(11)3/h5-7H,4H2,1-3H3,(H,15,16). The van der Waals surface area contributed by atoms with Gasteiger partial charge in [-0.1, -0.05) is 13.8 Å². The molecule has 0 saturated carbocycles. The van der Waals surface area contributed by atoms with Gasteiger partial charge in [-0.2, -0.15) is 0 Å². The molecule has 1 aromatic rings. The highest BCUT2D eigenvalue weighted by molar-refractivity contribution is 9.10. The molecule has 0 spiro atoms. The van der Waals surface area contributed by atoms with Gasteiger partial charge in [-0.05, 0) is 47.0 Å². The van der Waals surface area contributed by atoms with E-state index in [-0.39, 0.29) is 17.6 Å². The average molecular weight is 288 g/mol. The number of anilines is 1. The maximum Gasteiger partial charge on any atom is 0.227 e. The fourth-order valence-electron chi connectivity index (χ4n) is 1.22. The fraction of sp³-hybridized carbons (Fsp3) is 0.417. The Balaban J connectivity index is 2.90. The first-order valence-electron chi connectivity index (χ1n) is 5.22. The van der Waals surface area contributed by atoms with Gasteiger partial charge in [-0.3, -0.25) is 4.79 Å². The molecule has 1 amide bonds. The van der Waals surface area contributed by atoms with Gasteiger partial charge in [0.25, 0.3) is 0 Å². The summed E-state index contributed by atoms with van der Waals surface area (Å²) in [7, 11) is 0. The van der Waals surface area contributed by atoms with Crippen molar-refractivity contribution in [2.45, 2.75) is 27.2 Å². The zero-order chi connectivity index (χ0) is 12.3. The van der Waals surface area contributed by atoms with Crippen LogP contribution in [0.15, 0.2) is 16.6 Å². The number of benzene rings is 1. The smallest absolute Gasteiger partial charge is 0.227 e. The Kier molecular flexibility index (Phi) is 4.47. The Hall–Kier alpha value is -0.900. The first-order chi connectivity index (χ1) is 7.45. The highest BCUT2D eigenvalue weighted by Gasteiger charge is 2.13. The van der Waals surface area contributed by atoms with Crippen LogP contribution in [0.25, 0.3) is 0 Å². The average Bonchev–Trinajstić information content (AvgIpc) is 2.24. The minimum Gasteiger partial charge on any atom is -0.326 e. The van der Waals surface area contributed by atoms with Crippen LogP contribution >= 0.6 is 15.9 Å². The summed E-state index contributed by atoms with van der Waals surface area (Å²) in [6.45, 7) is 5.59. The third-order valence-electron chi connectivity index (χ3n) is 2.59. The molecular weight excluding hydrogens is 273 g/mol. The molecule has 0 heterocycles. The van der Waals surface area contributed by atoms with Crippen LogP contribution in [0, 0.1) is 18.7 Å². The molecule has 1 rings (SSSR count). The van der Waals surface area contributed by atoms with Gasteiger partial charge < -0.3 is 5.32 Å². The first kappa shape index (κ1) is 13.2. The van der Waals surface area contributed by atoms with Gasteiger partial charge in [-0.15, -0.1) is 0 Å². The van der Waals surface area contributed by atoms with Gasteiger partial charge in [0, 0.05) is 11.6 Å². The van der Waals surface area contributed by atoms with Crippen LogP contribution in [0.5, 0.6) is 0 Å². The van der Waals surface area contributed by atoms with Crippen LogP contribution in [0.3, 0.4) is 0 Å². The molecule has 4 heteroatoms. The third-order valence-corrected chi connectivity index (χ3v) is 3.19. The summed E-state index contributed by atoms with van der Waals surface area (Å²) in [6.07, 6.45) is 0.785. The molecule has 88 valence electrons. The number of aryl methyl sites for hydroxylation is 1. The molecule has 0 aliphatic rings. The van der Waals surface area contributed by atoms with E-state index >= 15 is 0 Å². The van der Waals surface area contributed by atoms with Crippen LogP contribution in [0.4, 0.5) is 10.1 Å². The van der Waals surface area contributed by atoms with E-state index in [1.165, 1.54) is 6.07 Å². The number of rotatable bonds is 3. The van der Waals surface area contributed by atoms with Crippen molar-refractivity contribution in [3.63, 3.8) is 0 Å². The maximum absolute atomic E-state index is 13.2. The van der Waals surface area contributed by atoms with E-state index in [0.29, 0.717) is 10.2 Å². The second-order valence-corrected chi connectivity index (χ2v) is 4.73. The van der Waals surface area contributed by atoms with Crippen LogP contribution in [0.1, 0.15) is 25.8 Å². The van der Waals surface area contributed by atoms with E-state index in [0.717, 1.165) is 12.0 Å². The molecular formula is C12H15BrFNO. The molecule has 2 nitrogen and oxygen atoms in total. The van der Waals surface area contributed by atoms with Crippen molar-refractivity contribution in [3.8, 4) is 0 Å². The lowest BCUT2D eigenvalue weighted by molar-refractivity contribution is -0.119. The molecule has 0 radical (unpaired) electrons. The zero-order valence-corrected chi connectivity index (χ0v) is 11.2. The lowest BCUT2D eigenvalue weighted by Crippen LogP contribution is -2.20. The summed E-state index contributed by atoms with van der Waals surface area (Å²) >= 11 is 3.10. The number of nitrogens with one attached hydrogen (secondary N) is 1. The number of carbonyl (C=O) groups excluding carboxylic acids is 1. The van der Waals surface area contributed by atoms with Crippen molar-refractivity contribution in [1.29, 1.82) is 0 Å². The molecule has 0 aliphatic carbocycles. The molecule has 0 aromatic heterocycles. The lowest BCUT2D eigenvalue weighted by atomic mass is 10.1. The Labute approximate surface area is 103 Å². The molecule has 1 N–H and O–H groups in total. The summed E-state index contributed by atoms with van der Waals surface area (Å²) in [5, 5.41) is 2.79. The van der Waals surface area contributed by atoms with E-state index in [4.69, 9.17) is 0 Å². The largest absolute Gasteiger partial charge is 0.326 e. The molecule has 0 aliphatic heterocycles. The number of hydrogen-bond acceptors (Lipinski definition) is 1. The number of amides is 1. The van der Waals surface area contributed by atoms with E-state index in [1.54, 1.807) is 13.0 Å². The Morgan fingerprint density at radius 1 is 1.56 bits per heavy atom. The quantitative estimate of drug-likeness (QED) is 0.898. The van der Waals surface area contributed by atoms with Crippen LogP contribution in [-0.4, -0.2) is 5.91 Å². The van der Waals surface area contributed by atoms with Gasteiger partial charge in [0.1, 0.15) is 5.82 Å². The van der Waals surface area contributed by atoms with E-state index < -0.39 is 0 Å². The van der Waals surface area contributed by atoms with E-state index in [9.17, 15) is 9.18 Å². The van der Waals surface area contributed by atoms with Crippen LogP contribution in [-0.2, 0) is 4.79 Å². The van der Waals surface area contributed by atoms with Crippen molar-refractivity contribution in [3.05, 3.63) is 28.0 Å². The molecule has 0 saturated heterocycles. The van der Waals surface area contributed by atoms with Crippen LogP contribution < -0.4 is 5.32 Å². The van der Waals surface area contributed by atoms with Gasteiger partial charge in [0.2, 0.25) is 5.91 Å². The van der Waals surface area contributed by atoms with Gasteiger partial charge in [-0.25, -0.2) is 4.39 Å². The normalized spacial score (nSPS) is 12.3. The Bertz CT molecular complexity index is 406. The molecule has 16 heavy (non-hydrogen) atoms. The molecule has 0 bridgehead atoms. The highest BCUT2D eigenvalue weighted by atomic mass is 79.9. The summed E-state index contributed by atoms with van der Waals surface area (Å²) in [4.78, 5) is 11.7. The number of hydrogen-bond donors (Lipinski definition) is 1. The SMILES string of the molecule is CCC(C)C(=O)Nc1cc(Br)c(F)cc1C. The van der Waals surface area contributed by atoms with Crippen LogP contribution in [0.2, 0.25) is 0 Å². The van der Waals surface area contributed by atoms with Gasteiger partial charge in [0.15, 0.2) is 0 Å². The third kappa shape index (κ3) is 3.04. The maximum atomic E-state index is 13.2. The second kappa shape index (κ2) is 5.43. The van der Waals surface area contributed by atoms with Gasteiger partial charge >= 0.3 is 0 Å². The summed E-state index contributed by atoms with van der Waals surface area (Å²) in [6, 6.07) is 2.99. The molecule has 1 aromatic carbocycles. The van der Waals surface area contributed by atoms with Gasteiger partial charge in [0.05, 0.1) is 4.47 Å². The number of halogens is 2. The molecule has 0 fully saturated rings. The van der Waals surface area contributed by atoms with Crippen molar-refractivity contribution in [2.75, 3.05) is 5.32 Å². The van der Waals surface area contributed by atoms with Crippen molar-refractivity contribution in [1.82, 2.24) is 0 Å². The summed E-state index contributed by atoms with van der Waals surface area (Å²) in [5.74, 6) is -0.397. The highest BCUT2D eigenvalue weighted by Crippen LogP contribution is 2.24. The minimum atomic E-state index is -0.320. The second-order valence-electron chi connectivity index (χ2n) is 3.88. The van der Waals surface area contributed by atoms with E-state index in [1.807, 2.05) is 13.8 Å². The minimum absolute atomic E-state index is 0.0379. The fourth-order valence-corrected chi connectivity index (χ4v) is 1.57. The summed E-state index contributed by atoms with van der Waals surface area (Å²) < 4.78 is 13.5. The number of carbonyl (C=O) groups is 1. The predicted octanol–water partition coefficient (Wildman–Crippen LogP) is 3.88. The Morgan fingerprint density at radius 3 is 2.75 bits per heavy atom. The zero-order valence-electron chi connectivity index (χ0n) is 9.60. The van der Waals surface area contributed by atoms with Crippen molar-refractivity contribution in [2.24, 2.45) is 5.92 Å². The monoisotopic (exact) mass is 287 g/mol. The lowest BCUT2D eigenvalue weighted by Gasteiger charge is -2.12. The van der Waals surface area contributed by atoms with Crippen molar-refractivity contribution < 1.29 is 9.18 Å². The van der Waals surface area contributed by atoms with Crippen molar-refractivity contribution >= 4 is 27.5 Å².